The minimum absolute atomic E-state index is 0.0117. The molecule has 0 radical (unpaired) electrons. The number of carbonyl (C=O) groups is 1. The number of carbonyl (C=O) groups excluding carboxylic acids is 1. The largest absolute Gasteiger partial charge is 0.417 e. The average molecular weight is 397 g/mol. The van der Waals surface area contributed by atoms with Crippen LogP contribution >= 0.6 is 0 Å². The average Bonchev–Trinajstić information content (AvgIpc) is 2.67. The summed E-state index contributed by atoms with van der Waals surface area (Å²) >= 11 is 0. The molecule has 0 aromatic heterocycles. The summed E-state index contributed by atoms with van der Waals surface area (Å²) in [6.07, 6.45) is -4.20. The van der Waals surface area contributed by atoms with Crippen molar-refractivity contribution in [1.82, 2.24) is 4.31 Å². The van der Waals surface area contributed by atoms with Crippen LogP contribution in [0.15, 0.2) is 59.5 Å². The van der Waals surface area contributed by atoms with E-state index in [1.807, 2.05) is 0 Å². The molecule has 0 unspecified atom stereocenters. The fraction of sp³-hybridized carbons (Fsp3) is 0.316. The first-order valence-electron chi connectivity index (χ1n) is 8.47. The molecular weight excluding hydrogens is 379 g/mol. The van der Waals surface area contributed by atoms with Gasteiger partial charge in [-0.15, -0.1) is 0 Å². The van der Waals surface area contributed by atoms with Gasteiger partial charge in [-0.3, -0.25) is 4.79 Å². The third-order valence-corrected chi connectivity index (χ3v) is 6.65. The number of rotatable bonds is 4. The quantitative estimate of drug-likeness (QED) is 0.733. The zero-order valence-electron chi connectivity index (χ0n) is 14.3. The van der Waals surface area contributed by atoms with E-state index in [0.717, 1.165) is 22.5 Å². The Hall–Kier alpha value is -2.19. The molecule has 27 heavy (non-hydrogen) atoms. The van der Waals surface area contributed by atoms with Gasteiger partial charge in [0.05, 0.1) is 10.5 Å². The van der Waals surface area contributed by atoms with Gasteiger partial charge in [0, 0.05) is 24.6 Å². The second kappa shape index (κ2) is 7.44. The molecule has 0 saturated carbocycles. The number of hydrogen-bond donors (Lipinski definition) is 0. The van der Waals surface area contributed by atoms with E-state index in [0.29, 0.717) is 5.56 Å². The first-order chi connectivity index (χ1) is 12.7. The van der Waals surface area contributed by atoms with Gasteiger partial charge >= 0.3 is 6.18 Å². The highest BCUT2D eigenvalue weighted by Gasteiger charge is 2.40. The summed E-state index contributed by atoms with van der Waals surface area (Å²) in [6.45, 7) is 0.0233. The summed E-state index contributed by atoms with van der Waals surface area (Å²) in [5.41, 5.74) is -0.617. The lowest BCUT2D eigenvalue weighted by molar-refractivity contribution is -0.139. The van der Waals surface area contributed by atoms with Crippen LogP contribution in [0.4, 0.5) is 13.2 Å². The van der Waals surface area contributed by atoms with E-state index < -0.39 is 26.7 Å². The Morgan fingerprint density at radius 2 is 1.48 bits per heavy atom. The molecule has 1 aliphatic rings. The number of piperidine rings is 1. The predicted molar refractivity (Wildman–Crippen MR) is 93.7 cm³/mol. The maximum atomic E-state index is 13.2. The van der Waals surface area contributed by atoms with Crippen molar-refractivity contribution in [3.8, 4) is 0 Å². The summed E-state index contributed by atoms with van der Waals surface area (Å²) in [5.74, 6) is -0.403. The molecule has 1 saturated heterocycles. The van der Waals surface area contributed by atoms with Crippen molar-refractivity contribution in [3.63, 3.8) is 0 Å². The summed E-state index contributed by atoms with van der Waals surface area (Å²) in [5, 5.41) is 0. The lowest BCUT2D eigenvalue weighted by atomic mass is 9.90. The number of hydrogen-bond acceptors (Lipinski definition) is 3. The van der Waals surface area contributed by atoms with Crippen LogP contribution in [0.2, 0.25) is 0 Å². The number of ketones is 1. The number of nitrogens with zero attached hydrogens (tertiary/aromatic N) is 1. The molecular formula is C19H18F3NO3S. The lowest BCUT2D eigenvalue weighted by Gasteiger charge is -2.31. The van der Waals surface area contributed by atoms with E-state index in [9.17, 15) is 26.4 Å². The SMILES string of the molecule is O=C(c1ccccc1)C1CCN(S(=O)(=O)c2ccccc2C(F)(F)F)CC1. The van der Waals surface area contributed by atoms with Gasteiger partial charge in [0.1, 0.15) is 0 Å². The van der Waals surface area contributed by atoms with E-state index in [1.165, 1.54) is 6.07 Å². The Labute approximate surface area is 155 Å². The molecule has 3 rings (SSSR count). The van der Waals surface area contributed by atoms with Crippen LogP contribution in [0.3, 0.4) is 0 Å². The minimum atomic E-state index is -4.76. The highest BCUT2D eigenvalue weighted by Crippen LogP contribution is 2.36. The zero-order valence-corrected chi connectivity index (χ0v) is 15.1. The van der Waals surface area contributed by atoms with E-state index >= 15 is 0 Å². The van der Waals surface area contributed by atoms with Crippen molar-refractivity contribution in [2.75, 3.05) is 13.1 Å². The van der Waals surface area contributed by atoms with Gasteiger partial charge in [0.15, 0.2) is 5.78 Å². The van der Waals surface area contributed by atoms with Crippen LogP contribution in [0.1, 0.15) is 28.8 Å². The molecule has 0 atom stereocenters. The first-order valence-corrected chi connectivity index (χ1v) is 9.91. The third-order valence-electron chi connectivity index (χ3n) is 4.69. The summed E-state index contributed by atoms with van der Waals surface area (Å²) < 4.78 is 66.0. The van der Waals surface area contributed by atoms with Crippen LogP contribution in [0, 0.1) is 5.92 Å². The van der Waals surface area contributed by atoms with Crippen LogP contribution in [0.5, 0.6) is 0 Å². The topological polar surface area (TPSA) is 54.5 Å². The standard InChI is InChI=1S/C19H18F3NO3S/c20-19(21,22)16-8-4-5-9-17(16)27(25,26)23-12-10-15(11-13-23)18(24)14-6-2-1-3-7-14/h1-9,15H,10-13H2. The minimum Gasteiger partial charge on any atom is -0.294 e. The van der Waals surface area contributed by atoms with E-state index in [-0.39, 0.29) is 37.6 Å². The summed E-state index contributed by atoms with van der Waals surface area (Å²) in [7, 11) is -4.29. The molecule has 1 aliphatic heterocycles. The Morgan fingerprint density at radius 3 is 2.07 bits per heavy atom. The maximum Gasteiger partial charge on any atom is 0.417 e. The van der Waals surface area contributed by atoms with Gasteiger partial charge in [-0.25, -0.2) is 8.42 Å². The Balaban J connectivity index is 1.77. The van der Waals surface area contributed by atoms with Gasteiger partial charge in [-0.2, -0.15) is 17.5 Å². The molecule has 2 aromatic carbocycles. The van der Waals surface area contributed by atoms with Gasteiger partial charge in [0.25, 0.3) is 0 Å². The summed E-state index contributed by atoms with van der Waals surface area (Å²) in [4.78, 5) is 11.7. The fourth-order valence-corrected chi connectivity index (χ4v) is 4.94. The third kappa shape index (κ3) is 4.06. The molecule has 0 bridgehead atoms. The fourth-order valence-electron chi connectivity index (χ4n) is 3.26. The normalized spacial score (nSPS) is 17.0. The second-order valence-electron chi connectivity index (χ2n) is 6.40. The number of alkyl halides is 3. The summed E-state index contributed by atoms with van der Waals surface area (Å²) in [6, 6.07) is 12.9. The van der Waals surface area contributed by atoms with E-state index in [1.54, 1.807) is 30.3 Å². The van der Waals surface area contributed by atoms with Crippen molar-refractivity contribution in [1.29, 1.82) is 0 Å². The monoisotopic (exact) mass is 397 g/mol. The van der Waals surface area contributed by atoms with Crippen LogP contribution in [0.25, 0.3) is 0 Å². The van der Waals surface area contributed by atoms with Crippen molar-refractivity contribution < 1.29 is 26.4 Å². The van der Waals surface area contributed by atoms with Gasteiger partial charge in [0.2, 0.25) is 10.0 Å². The molecule has 0 spiro atoms. The van der Waals surface area contributed by atoms with Crippen LogP contribution in [-0.4, -0.2) is 31.6 Å². The molecule has 0 aliphatic carbocycles. The number of halogens is 3. The van der Waals surface area contributed by atoms with Crippen LogP contribution < -0.4 is 0 Å². The van der Waals surface area contributed by atoms with Gasteiger partial charge in [-0.05, 0) is 25.0 Å². The maximum absolute atomic E-state index is 13.2. The molecule has 144 valence electrons. The first kappa shape index (κ1) is 19.6. The molecule has 1 heterocycles. The van der Waals surface area contributed by atoms with Gasteiger partial charge < -0.3 is 0 Å². The molecule has 0 amide bonds. The van der Waals surface area contributed by atoms with Crippen molar-refractivity contribution in [2.45, 2.75) is 23.9 Å². The van der Waals surface area contributed by atoms with E-state index in [4.69, 9.17) is 0 Å². The van der Waals surface area contributed by atoms with Crippen LogP contribution in [-0.2, 0) is 16.2 Å². The molecule has 4 nitrogen and oxygen atoms in total. The second-order valence-corrected chi connectivity index (χ2v) is 8.31. The Kier molecular flexibility index (Phi) is 5.39. The Morgan fingerprint density at radius 1 is 0.926 bits per heavy atom. The van der Waals surface area contributed by atoms with Gasteiger partial charge in [-0.1, -0.05) is 42.5 Å². The number of Topliss-reactive ketones (excluding diaryl/α,β-unsaturated/α-hetero) is 1. The molecule has 2 aromatic rings. The highest BCUT2D eigenvalue weighted by molar-refractivity contribution is 7.89. The zero-order chi connectivity index (χ0) is 19.7. The highest BCUT2D eigenvalue weighted by atomic mass is 32.2. The molecule has 1 fully saturated rings. The van der Waals surface area contributed by atoms with E-state index in [2.05, 4.69) is 0 Å². The van der Waals surface area contributed by atoms with Crippen molar-refractivity contribution >= 4 is 15.8 Å². The predicted octanol–water partition coefficient (Wildman–Crippen LogP) is 3.99. The number of sulfonamides is 1. The number of benzene rings is 2. The molecule has 8 heteroatoms. The van der Waals surface area contributed by atoms with Crippen molar-refractivity contribution in [2.24, 2.45) is 5.92 Å². The molecule has 0 N–H and O–H groups in total. The Bertz CT molecular complexity index is 919. The van der Waals surface area contributed by atoms with Crippen molar-refractivity contribution in [3.05, 3.63) is 65.7 Å². The lowest BCUT2D eigenvalue weighted by Crippen LogP contribution is -2.40. The smallest absolute Gasteiger partial charge is 0.294 e.